The third-order valence-corrected chi connectivity index (χ3v) is 10.7. The molecule has 6 atom stereocenters. The van der Waals surface area contributed by atoms with Gasteiger partial charge in [0.1, 0.15) is 6.04 Å². The highest BCUT2D eigenvalue weighted by molar-refractivity contribution is 9.09. The summed E-state index contributed by atoms with van der Waals surface area (Å²) >= 11 is 5.46. The van der Waals surface area contributed by atoms with E-state index >= 15 is 0 Å². The molecular formula is C26H36BrN3O4S. The molecule has 35 heavy (non-hydrogen) atoms. The van der Waals surface area contributed by atoms with Crippen LogP contribution in [0, 0.1) is 11.8 Å². The SMILES string of the molecule is CCCCCNC(=O)C1N(CCCCCO)C(=O)[C@@H]2[C@@H](C(=O)Nc3ccccc3)[C@@H]3SC12CC3Br. The number of fused-ring (bicyclic) bond motifs is 1. The van der Waals surface area contributed by atoms with Gasteiger partial charge in [0.25, 0.3) is 0 Å². The molecular weight excluding hydrogens is 530 g/mol. The molecule has 3 fully saturated rings. The summed E-state index contributed by atoms with van der Waals surface area (Å²) in [6.07, 6.45) is 5.90. The summed E-state index contributed by atoms with van der Waals surface area (Å²) in [6.45, 7) is 3.31. The van der Waals surface area contributed by atoms with E-state index in [2.05, 4.69) is 33.5 Å². The van der Waals surface area contributed by atoms with E-state index in [1.807, 2.05) is 30.3 Å². The predicted octanol–water partition coefficient (Wildman–Crippen LogP) is 3.56. The number of hydrogen-bond donors (Lipinski definition) is 3. The largest absolute Gasteiger partial charge is 0.396 e. The van der Waals surface area contributed by atoms with Crippen molar-refractivity contribution in [3.8, 4) is 0 Å². The van der Waals surface area contributed by atoms with Gasteiger partial charge in [-0.15, -0.1) is 11.8 Å². The van der Waals surface area contributed by atoms with Crippen LogP contribution in [0.1, 0.15) is 51.9 Å². The van der Waals surface area contributed by atoms with Gasteiger partial charge in [-0.05, 0) is 44.2 Å². The van der Waals surface area contributed by atoms with Crippen LogP contribution in [0.15, 0.2) is 30.3 Å². The lowest BCUT2D eigenvalue weighted by molar-refractivity contribution is -0.139. The topological polar surface area (TPSA) is 98.7 Å². The van der Waals surface area contributed by atoms with Crippen molar-refractivity contribution in [3.63, 3.8) is 0 Å². The van der Waals surface area contributed by atoms with Gasteiger partial charge in [-0.1, -0.05) is 53.9 Å². The van der Waals surface area contributed by atoms with Crippen LogP contribution in [0.4, 0.5) is 5.69 Å². The summed E-state index contributed by atoms with van der Waals surface area (Å²) in [5.41, 5.74) is 0.710. The monoisotopic (exact) mass is 565 g/mol. The zero-order valence-corrected chi connectivity index (χ0v) is 22.7. The number of carbonyl (C=O) groups excluding carboxylic acids is 3. The first-order valence-electron chi connectivity index (χ1n) is 12.8. The number of nitrogens with one attached hydrogen (secondary N) is 2. The second-order valence-electron chi connectivity index (χ2n) is 9.83. The summed E-state index contributed by atoms with van der Waals surface area (Å²) in [6, 6.07) is 8.74. The van der Waals surface area contributed by atoms with Gasteiger partial charge in [0.2, 0.25) is 17.7 Å². The molecule has 3 heterocycles. The van der Waals surface area contributed by atoms with Crippen molar-refractivity contribution < 1.29 is 19.5 Å². The Morgan fingerprint density at radius 1 is 1.14 bits per heavy atom. The summed E-state index contributed by atoms with van der Waals surface area (Å²) in [5.74, 6) is -1.34. The highest BCUT2D eigenvalue weighted by atomic mass is 79.9. The van der Waals surface area contributed by atoms with Crippen LogP contribution in [0.5, 0.6) is 0 Å². The van der Waals surface area contributed by atoms with E-state index in [0.717, 1.165) is 32.1 Å². The smallest absolute Gasteiger partial charge is 0.244 e. The molecule has 1 aromatic rings. The minimum absolute atomic E-state index is 0.0559. The van der Waals surface area contributed by atoms with Gasteiger partial charge in [0.05, 0.1) is 16.6 Å². The molecule has 3 unspecified atom stereocenters. The lowest BCUT2D eigenvalue weighted by Crippen LogP contribution is -2.54. The van der Waals surface area contributed by atoms with Gasteiger partial charge in [-0.2, -0.15) is 0 Å². The van der Waals surface area contributed by atoms with Crippen LogP contribution >= 0.6 is 27.7 Å². The molecule has 7 nitrogen and oxygen atoms in total. The van der Waals surface area contributed by atoms with E-state index in [1.165, 1.54) is 0 Å². The van der Waals surface area contributed by atoms with Crippen molar-refractivity contribution in [3.05, 3.63) is 30.3 Å². The minimum atomic E-state index is -0.611. The van der Waals surface area contributed by atoms with Gasteiger partial charge >= 0.3 is 0 Å². The second kappa shape index (κ2) is 11.6. The van der Waals surface area contributed by atoms with Gasteiger partial charge in [0, 0.05) is 35.5 Å². The Morgan fingerprint density at radius 2 is 1.91 bits per heavy atom. The van der Waals surface area contributed by atoms with Crippen molar-refractivity contribution >= 4 is 51.1 Å². The molecule has 3 amide bonds. The summed E-state index contributed by atoms with van der Waals surface area (Å²) in [7, 11) is 0. The molecule has 4 rings (SSSR count). The molecule has 3 N–H and O–H groups in total. The number of carbonyl (C=O) groups is 3. The highest BCUT2D eigenvalue weighted by Crippen LogP contribution is 2.67. The third kappa shape index (κ3) is 5.14. The first kappa shape index (κ1) is 26.5. The number of nitrogens with zero attached hydrogens (tertiary/aromatic N) is 1. The number of aliphatic hydroxyl groups is 1. The zero-order chi connectivity index (χ0) is 25.0. The Balaban J connectivity index is 1.60. The number of likely N-dealkylation sites (tertiary alicyclic amines) is 1. The number of benzene rings is 1. The fourth-order valence-electron chi connectivity index (χ4n) is 5.97. The fourth-order valence-corrected chi connectivity index (χ4v) is 9.58. The molecule has 0 radical (unpaired) electrons. The van der Waals surface area contributed by atoms with Crippen LogP contribution in [-0.2, 0) is 14.4 Å². The molecule has 0 saturated carbocycles. The average molecular weight is 567 g/mol. The Hall–Kier alpha value is -1.58. The van der Waals surface area contributed by atoms with E-state index in [1.54, 1.807) is 16.7 Å². The van der Waals surface area contributed by atoms with Crippen LogP contribution in [0.3, 0.4) is 0 Å². The lowest BCUT2D eigenvalue weighted by atomic mass is 9.70. The molecule has 0 aromatic heterocycles. The number of rotatable bonds is 12. The number of para-hydroxylation sites is 1. The maximum Gasteiger partial charge on any atom is 0.244 e. The van der Waals surface area contributed by atoms with Crippen molar-refractivity contribution in [2.24, 2.45) is 11.8 Å². The predicted molar refractivity (Wildman–Crippen MR) is 142 cm³/mol. The van der Waals surface area contributed by atoms with E-state index in [9.17, 15) is 14.4 Å². The number of anilines is 1. The van der Waals surface area contributed by atoms with Crippen LogP contribution in [0.2, 0.25) is 0 Å². The van der Waals surface area contributed by atoms with Gasteiger partial charge < -0.3 is 20.6 Å². The molecule has 2 bridgehead atoms. The van der Waals surface area contributed by atoms with Gasteiger partial charge in [-0.3, -0.25) is 14.4 Å². The molecule has 9 heteroatoms. The van der Waals surface area contributed by atoms with Gasteiger partial charge in [0.15, 0.2) is 0 Å². The van der Waals surface area contributed by atoms with Crippen molar-refractivity contribution in [1.29, 1.82) is 0 Å². The molecule has 1 spiro atoms. The number of unbranched alkanes of at least 4 members (excludes halogenated alkanes) is 4. The molecule has 3 aliphatic rings. The Morgan fingerprint density at radius 3 is 2.63 bits per heavy atom. The molecule has 192 valence electrons. The summed E-state index contributed by atoms with van der Waals surface area (Å²) in [4.78, 5) is 42.8. The first-order valence-corrected chi connectivity index (χ1v) is 14.6. The standard InChI is InChI=1S/C26H36BrN3O4S/c1-2-3-8-13-28-24(33)22-26-16-18(27)21(35-26)19(23(32)29-17-11-6-4-7-12-17)20(26)25(34)30(22)14-9-5-10-15-31/h4,6-7,11-12,18-22,31H,2-3,5,8-10,13-16H2,1H3,(H,28,33)(H,29,32)/t18?,19-,20+,21-,22?,26?/m1/s1. The Bertz CT molecular complexity index is 919. The Labute approximate surface area is 220 Å². The second-order valence-corrected chi connectivity index (χ2v) is 12.5. The van der Waals surface area contributed by atoms with Crippen LogP contribution in [-0.4, -0.2) is 68.3 Å². The normalized spacial score (nSPS) is 31.0. The van der Waals surface area contributed by atoms with Crippen LogP contribution in [0.25, 0.3) is 0 Å². The average Bonchev–Trinajstić information content (AvgIpc) is 3.43. The fraction of sp³-hybridized carbons (Fsp3) is 0.654. The van der Waals surface area contributed by atoms with Crippen LogP contribution < -0.4 is 10.6 Å². The zero-order valence-electron chi connectivity index (χ0n) is 20.2. The lowest BCUT2D eigenvalue weighted by Gasteiger charge is -2.35. The van der Waals surface area contributed by atoms with E-state index in [-0.39, 0.29) is 34.4 Å². The maximum absolute atomic E-state index is 13.9. The third-order valence-electron chi connectivity index (χ3n) is 7.52. The molecule has 1 aromatic carbocycles. The first-order chi connectivity index (χ1) is 16.9. The quantitative estimate of drug-likeness (QED) is 0.266. The van der Waals surface area contributed by atoms with E-state index < -0.39 is 22.6 Å². The van der Waals surface area contributed by atoms with Crippen molar-refractivity contribution in [2.45, 2.75) is 72.7 Å². The summed E-state index contributed by atoms with van der Waals surface area (Å²) in [5, 5.41) is 15.2. The number of alkyl halides is 1. The molecule has 0 aliphatic carbocycles. The number of thioether (sulfide) groups is 1. The minimum Gasteiger partial charge on any atom is -0.396 e. The van der Waals surface area contributed by atoms with E-state index in [4.69, 9.17) is 5.11 Å². The molecule has 3 saturated heterocycles. The Kier molecular flexibility index (Phi) is 8.81. The maximum atomic E-state index is 13.9. The van der Waals surface area contributed by atoms with Gasteiger partial charge in [-0.25, -0.2) is 0 Å². The number of hydrogen-bond acceptors (Lipinski definition) is 5. The molecule has 3 aliphatic heterocycles. The van der Waals surface area contributed by atoms with E-state index in [0.29, 0.717) is 31.6 Å². The number of amides is 3. The highest BCUT2D eigenvalue weighted by Gasteiger charge is 2.75. The van der Waals surface area contributed by atoms with Crippen molar-refractivity contribution in [1.82, 2.24) is 10.2 Å². The summed E-state index contributed by atoms with van der Waals surface area (Å²) < 4.78 is -0.611. The number of aliphatic hydroxyl groups excluding tert-OH is 1. The number of halogens is 1. The van der Waals surface area contributed by atoms with Crippen molar-refractivity contribution in [2.75, 3.05) is 25.0 Å².